The van der Waals surface area contributed by atoms with Crippen LogP contribution in [0.5, 0.6) is 0 Å². The first-order valence-corrected chi connectivity index (χ1v) is 30.5. The summed E-state index contributed by atoms with van der Waals surface area (Å²) in [7, 11) is 1.09. The van der Waals surface area contributed by atoms with Crippen LogP contribution < -0.4 is 10.2 Å². The summed E-state index contributed by atoms with van der Waals surface area (Å²) in [4.78, 5) is 39.8. The second-order valence-corrected chi connectivity index (χ2v) is 21.5. The van der Waals surface area contributed by atoms with E-state index in [1.54, 1.807) is 6.08 Å². The fourth-order valence-corrected chi connectivity index (χ4v) is 8.08. The summed E-state index contributed by atoms with van der Waals surface area (Å²) >= 11 is 0. The Morgan fingerprint density at radius 1 is 0.486 bits per heavy atom. The molecule has 0 saturated heterocycles. The van der Waals surface area contributed by atoms with E-state index < -0.39 is 32.5 Å². The van der Waals surface area contributed by atoms with E-state index in [2.05, 4.69) is 135 Å². The van der Waals surface area contributed by atoms with E-state index in [-0.39, 0.29) is 25.4 Å². The number of likely N-dealkylation sites (N-methyl/N-ethyl adjacent to an activating group) is 1. The summed E-state index contributed by atoms with van der Waals surface area (Å²) in [5.41, 5.74) is 0. The highest BCUT2D eigenvalue weighted by Gasteiger charge is 2.27. The van der Waals surface area contributed by atoms with Crippen LogP contribution in [0.25, 0.3) is 0 Å². The number of carbonyl (C=O) groups is 2. The third-order valence-electron chi connectivity index (χ3n) is 11.8. The van der Waals surface area contributed by atoms with Crippen molar-refractivity contribution in [2.45, 2.75) is 219 Å². The molecule has 0 rings (SSSR count). The van der Waals surface area contributed by atoms with Crippen LogP contribution in [0.1, 0.15) is 207 Å². The largest absolute Gasteiger partial charge is 0.756 e. The van der Waals surface area contributed by atoms with Gasteiger partial charge in [0.2, 0.25) is 5.91 Å². The lowest BCUT2D eigenvalue weighted by atomic mass is 10.1. The topological polar surface area (TPSA) is 114 Å². The van der Waals surface area contributed by atoms with Gasteiger partial charge in [-0.25, -0.2) is 0 Å². The first-order chi connectivity index (χ1) is 35.9. The molecule has 9 nitrogen and oxygen atoms in total. The number of nitrogens with zero attached hydrogens (tertiary/aromatic N) is 1. The molecule has 1 N–H and O–H groups in total. The highest BCUT2D eigenvalue weighted by molar-refractivity contribution is 7.45. The number of rotatable bonds is 50. The zero-order valence-corrected chi connectivity index (χ0v) is 48.6. The van der Waals surface area contributed by atoms with Crippen molar-refractivity contribution in [2.75, 3.05) is 40.9 Å². The number of amides is 1. The van der Waals surface area contributed by atoms with Gasteiger partial charge in [-0.15, -0.1) is 0 Å². The standard InChI is InChI=1S/C64H107N2O7P/c1-7-10-13-16-19-22-25-28-30-32-33-35-36-38-41-44-47-50-53-56-63(67)65-61(60-72-74(69,70)71-59-58-66(4,5)6)62(55-52-49-46-43-40-27-24-21-18-15-12-9-3)73-64(68)57-54-51-48-45-42-39-37-34-31-29-26-23-20-17-14-11-8-2/h10,13,19-20,22-23,28-31,33,35,37-39,41,45,47-48,50,52,55,61-62H,7-9,11-12,14-18,21,24-27,32,34,36,40,42-44,46,49,51,53-54,56-60H2,1-6H3,(H-,65,67,69,70)/b13-10-,22-19-,23-20-,30-28-,31-29-,35-33-,39-37-,41-38-,48-45-,50-47-,55-52+. The van der Waals surface area contributed by atoms with Crippen molar-refractivity contribution in [2.24, 2.45) is 0 Å². The van der Waals surface area contributed by atoms with Gasteiger partial charge >= 0.3 is 5.97 Å². The molecule has 0 aliphatic rings. The molecule has 0 saturated carbocycles. The fourth-order valence-electron chi connectivity index (χ4n) is 7.36. The number of allylic oxidation sites excluding steroid dienone is 21. The Morgan fingerprint density at radius 2 is 0.878 bits per heavy atom. The molecule has 0 aliphatic heterocycles. The van der Waals surface area contributed by atoms with Crippen molar-refractivity contribution >= 4 is 19.7 Å². The smallest absolute Gasteiger partial charge is 0.306 e. The molecule has 0 aromatic carbocycles. The number of quaternary nitrogens is 1. The second-order valence-electron chi connectivity index (χ2n) is 20.1. The van der Waals surface area contributed by atoms with Crippen LogP contribution in [-0.2, 0) is 27.9 Å². The Morgan fingerprint density at radius 3 is 1.35 bits per heavy atom. The Balaban J connectivity index is 5.56. The minimum atomic E-state index is -4.74. The SMILES string of the molecule is CC/C=C\C/C=C\C/C=C\C/C=C\C/C=C\C/C=C\CCC(=O)NC(COP(=O)([O-])OCC[N+](C)(C)C)C(/C=C/CCCCCCCCCCCC)OC(=O)CCC/C=C\C/C=C\C/C=C\C/C=C\CCCCC. The van der Waals surface area contributed by atoms with Crippen LogP contribution in [-0.4, -0.2) is 69.4 Å². The summed E-state index contributed by atoms with van der Waals surface area (Å²) in [6, 6.07) is -0.960. The van der Waals surface area contributed by atoms with Gasteiger partial charge in [-0.05, 0) is 109 Å². The molecule has 0 bridgehead atoms. The van der Waals surface area contributed by atoms with E-state index in [0.717, 1.165) is 83.5 Å². The van der Waals surface area contributed by atoms with Gasteiger partial charge in [-0.3, -0.25) is 14.2 Å². The average Bonchev–Trinajstić information content (AvgIpc) is 3.36. The summed E-state index contributed by atoms with van der Waals surface area (Å²) in [5, 5.41) is 2.95. The van der Waals surface area contributed by atoms with Gasteiger partial charge in [0, 0.05) is 12.8 Å². The second kappa shape index (κ2) is 52.6. The molecular formula is C64H107N2O7P. The molecule has 0 aliphatic carbocycles. The van der Waals surface area contributed by atoms with Gasteiger partial charge in [0.25, 0.3) is 7.82 Å². The number of phosphoric ester groups is 1. The monoisotopic (exact) mass is 1050 g/mol. The van der Waals surface area contributed by atoms with E-state index in [9.17, 15) is 19.0 Å². The van der Waals surface area contributed by atoms with Crippen molar-refractivity contribution < 1.29 is 37.3 Å². The van der Waals surface area contributed by atoms with Crippen LogP contribution in [0, 0.1) is 0 Å². The van der Waals surface area contributed by atoms with Crippen molar-refractivity contribution in [1.82, 2.24) is 5.32 Å². The Hall–Kier alpha value is -3.85. The number of esters is 1. The maximum atomic E-state index is 13.5. The summed E-state index contributed by atoms with van der Waals surface area (Å²) in [5.74, 6) is -0.717. The van der Waals surface area contributed by atoms with Gasteiger partial charge < -0.3 is 28.5 Å². The summed E-state index contributed by atoms with van der Waals surface area (Å²) in [6.45, 7) is 6.57. The van der Waals surface area contributed by atoms with Crippen LogP contribution in [0.4, 0.5) is 0 Å². The van der Waals surface area contributed by atoms with Gasteiger partial charge in [0.1, 0.15) is 19.3 Å². The van der Waals surface area contributed by atoms with Gasteiger partial charge in [-0.2, -0.15) is 0 Å². The Kier molecular flexibility index (Phi) is 49.8. The molecule has 10 heteroatoms. The summed E-state index contributed by atoms with van der Waals surface area (Å²) < 4.78 is 30.1. The zero-order chi connectivity index (χ0) is 54.3. The normalized spacial score (nSPS) is 14.7. The lowest BCUT2D eigenvalue weighted by molar-refractivity contribution is -0.870. The predicted octanol–water partition coefficient (Wildman–Crippen LogP) is 17.1. The highest BCUT2D eigenvalue weighted by atomic mass is 31.2. The molecule has 0 aromatic heterocycles. The number of phosphoric acid groups is 1. The first-order valence-electron chi connectivity index (χ1n) is 29.0. The molecule has 1 amide bonds. The lowest BCUT2D eigenvalue weighted by Crippen LogP contribution is -2.47. The molecule has 0 radical (unpaired) electrons. The third-order valence-corrected chi connectivity index (χ3v) is 12.8. The number of hydrogen-bond donors (Lipinski definition) is 1. The van der Waals surface area contributed by atoms with Gasteiger partial charge in [-0.1, -0.05) is 219 Å². The fraction of sp³-hybridized carbons (Fsp3) is 0.625. The highest BCUT2D eigenvalue weighted by Crippen LogP contribution is 2.38. The van der Waals surface area contributed by atoms with E-state index in [0.29, 0.717) is 30.3 Å². The van der Waals surface area contributed by atoms with Crippen LogP contribution in [0.2, 0.25) is 0 Å². The zero-order valence-electron chi connectivity index (χ0n) is 47.7. The quantitative estimate of drug-likeness (QED) is 0.0212. The van der Waals surface area contributed by atoms with Crippen molar-refractivity contribution in [3.05, 3.63) is 134 Å². The maximum absolute atomic E-state index is 13.5. The van der Waals surface area contributed by atoms with Crippen LogP contribution in [0.15, 0.2) is 134 Å². The van der Waals surface area contributed by atoms with E-state index in [1.807, 2.05) is 39.4 Å². The van der Waals surface area contributed by atoms with Crippen molar-refractivity contribution in [1.29, 1.82) is 0 Å². The number of hydrogen-bond acceptors (Lipinski definition) is 7. The van der Waals surface area contributed by atoms with E-state index in [4.69, 9.17) is 13.8 Å². The molecule has 0 fully saturated rings. The molecule has 3 atom stereocenters. The summed E-state index contributed by atoms with van der Waals surface area (Å²) in [6.07, 6.45) is 74.4. The lowest BCUT2D eigenvalue weighted by Gasteiger charge is -2.30. The molecule has 74 heavy (non-hydrogen) atoms. The molecule has 420 valence electrons. The third kappa shape index (κ3) is 53.0. The molecule has 0 aromatic rings. The number of nitrogens with one attached hydrogen (secondary N) is 1. The van der Waals surface area contributed by atoms with E-state index >= 15 is 0 Å². The maximum Gasteiger partial charge on any atom is 0.306 e. The van der Waals surface area contributed by atoms with E-state index in [1.165, 1.54) is 70.6 Å². The molecule has 3 unspecified atom stereocenters. The molecule has 0 spiro atoms. The number of unbranched alkanes of at least 4 members (excludes halogenated alkanes) is 14. The Labute approximate surface area is 454 Å². The van der Waals surface area contributed by atoms with Crippen LogP contribution >= 0.6 is 7.82 Å². The molecule has 0 heterocycles. The minimum absolute atomic E-state index is 0.0517. The number of ether oxygens (including phenoxy) is 1. The molecular weight excluding hydrogens is 940 g/mol. The van der Waals surface area contributed by atoms with Crippen molar-refractivity contribution in [3.8, 4) is 0 Å². The Bertz CT molecular complexity index is 1730. The van der Waals surface area contributed by atoms with Crippen LogP contribution in [0.3, 0.4) is 0 Å². The van der Waals surface area contributed by atoms with Gasteiger partial charge in [0.15, 0.2) is 0 Å². The number of carbonyl (C=O) groups excluding carboxylic acids is 2. The van der Waals surface area contributed by atoms with Crippen molar-refractivity contribution in [3.63, 3.8) is 0 Å². The van der Waals surface area contributed by atoms with Gasteiger partial charge in [0.05, 0.1) is 33.8 Å². The minimum Gasteiger partial charge on any atom is -0.756 e. The first kappa shape index (κ1) is 70.1. The predicted molar refractivity (Wildman–Crippen MR) is 316 cm³/mol. The average molecular weight is 1050 g/mol.